The molecule has 1 aromatic rings. The van der Waals surface area contributed by atoms with Crippen LogP contribution in [-0.4, -0.2) is 6.34 Å². The number of fused-ring (bicyclic) bond motifs is 1. The lowest BCUT2D eigenvalue weighted by molar-refractivity contribution is -0.471. The summed E-state index contributed by atoms with van der Waals surface area (Å²) in [5, 5.41) is 2.93. The van der Waals surface area contributed by atoms with Crippen molar-refractivity contribution in [2.45, 2.75) is 6.54 Å². The van der Waals surface area contributed by atoms with Gasteiger partial charge in [0.2, 0.25) is 6.34 Å². The molecule has 2 N–H and O–H groups in total. The van der Waals surface area contributed by atoms with Gasteiger partial charge in [0.25, 0.3) is 0 Å². The van der Waals surface area contributed by atoms with Crippen molar-refractivity contribution < 1.29 is 9.38 Å². The molecule has 2 rings (SSSR count). The van der Waals surface area contributed by atoms with E-state index in [0.717, 1.165) is 17.8 Å². The van der Waals surface area contributed by atoms with Crippen LogP contribution in [0.5, 0.6) is 0 Å². The maximum absolute atomic E-state index is 12.6. The van der Waals surface area contributed by atoms with E-state index in [1.165, 1.54) is 12.1 Å². The summed E-state index contributed by atoms with van der Waals surface area (Å²) in [5.41, 5.74) is 1.94. The number of benzene rings is 1. The molecule has 11 heavy (non-hydrogen) atoms. The summed E-state index contributed by atoms with van der Waals surface area (Å²) < 4.78 is 12.6. The summed E-state index contributed by atoms with van der Waals surface area (Å²) in [4.78, 5) is 3.00. The molecule has 1 aromatic carbocycles. The highest BCUT2D eigenvalue weighted by molar-refractivity contribution is 5.74. The predicted molar refractivity (Wildman–Crippen MR) is 40.8 cm³/mol. The zero-order valence-corrected chi connectivity index (χ0v) is 5.89. The van der Waals surface area contributed by atoms with Crippen molar-refractivity contribution in [3.05, 3.63) is 29.6 Å². The van der Waals surface area contributed by atoms with E-state index in [4.69, 9.17) is 0 Å². The van der Waals surface area contributed by atoms with Crippen LogP contribution in [0.4, 0.5) is 10.1 Å². The van der Waals surface area contributed by atoms with Crippen molar-refractivity contribution in [2.75, 3.05) is 5.32 Å². The molecule has 0 unspecified atom stereocenters. The van der Waals surface area contributed by atoms with Gasteiger partial charge in [-0.3, -0.25) is 4.99 Å². The second kappa shape index (κ2) is 2.34. The lowest BCUT2D eigenvalue weighted by Gasteiger charge is -2.05. The normalized spacial score (nSPS) is 13.9. The van der Waals surface area contributed by atoms with E-state index >= 15 is 0 Å². The Morgan fingerprint density at radius 1 is 1.45 bits per heavy atom. The van der Waals surface area contributed by atoms with E-state index in [0.29, 0.717) is 0 Å². The minimum atomic E-state index is -0.202. The van der Waals surface area contributed by atoms with Gasteiger partial charge >= 0.3 is 0 Å². The highest BCUT2D eigenvalue weighted by atomic mass is 19.1. The summed E-state index contributed by atoms with van der Waals surface area (Å²) in [5.74, 6) is -0.202. The molecule has 0 saturated heterocycles. The van der Waals surface area contributed by atoms with Crippen LogP contribution in [0.25, 0.3) is 0 Å². The number of rotatable bonds is 0. The van der Waals surface area contributed by atoms with Crippen LogP contribution in [-0.2, 0) is 6.54 Å². The molecule has 2 nitrogen and oxygen atoms in total. The van der Waals surface area contributed by atoms with Gasteiger partial charge in [-0.2, -0.15) is 0 Å². The first-order valence-corrected chi connectivity index (χ1v) is 3.46. The lowest BCUT2D eigenvalue weighted by Crippen LogP contribution is -2.70. The molecular formula is C8H8FN2+. The molecule has 0 atom stereocenters. The Hall–Kier alpha value is -1.38. The van der Waals surface area contributed by atoms with E-state index in [9.17, 15) is 4.39 Å². The summed E-state index contributed by atoms with van der Waals surface area (Å²) in [6.07, 6.45) is 1.71. The van der Waals surface area contributed by atoms with E-state index in [2.05, 4.69) is 10.3 Å². The molecule has 0 saturated carbocycles. The highest BCUT2D eigenvalue weighted by Crippen LogP contribution is 2.15. The topological polar surface area (TPSA) is 26.0 Å². The first kappa shape index (κ1) is 6.34. The van der Waals surface area contributed by atoms with Crippen LogP contribution < -0.4 is 10.3 Å². The number of halogens is 1. The molecule has 0 aliphatic carbocycles. The largest absolute Gasteiger partial charge is 0.276 e. The van der Waals surface area contributed by atoms with Crippen LogP contribution in [0.1, 0.15) is 5.56 Å². The van der Waals surface area contributed by atoms with Crippen LogP contribution in [0.2, 0.25) is 0 Å². The molecule has 1 heterocycles. The van der Waals surface area contributed by atoms with Crippen LogP contribution in [0.15, 0.2) is 18.2 Å². The summed E-state index contributed by atoms with van der Waals surface area (Å²) in [6.45, 7) is 0.766. The fraction of sp³-hybridized carbons (Fsp3) is 0.125. The van der Waals surface area contributed by atoms with Crippen LogP contribution in [0.3, 0.4) is 0 Å². The Morgan fingerprint density at radius 2 is 2.36 bits per heavy atom. The summed E-state index contributed by atoms with van der Waals surface area (Å²) in [7, 11) is 0. The van der Waals surface area contributed by atoms with Crippen molar-refractivity contribution in [3.63, 3.8) is 0 Å². The minimum absolute atomic E-state index is 0.202. The van der Waals surface area contributed by atoms with Gasteiger partial charge in [0, 0.05) is 11.6 Å². The van der Waals surface area contributed by atoms with E-state index in [1.807, 2.05) is 0 Å². The average Bonchev–Trinajstić information content (AvgIpc) is 2.04. The maximum atomic E-state index is 12.6. The molecule has 56 valence electrons. The third-order valence-electron chi connectivity index (χ3n) is 1.69. The summed E-state index contributed by atoms with van der Waals surface area (Å²) >= 11 is 0. The van der Waals surface area contributed by atoms with Crippen molar-refractivity contribution in [1.82, 2.24) is 0 Å². The minimum Gasteiger partial charge on any atom is -0.276 e. The van der Waals surface area contributed by atoms with Crippen molar-refractivity contribution >= 4 is 12.0 Å². The van der Waals surface area contributed by atoms with Gasteiger partial charge in [-0.15, -0.1) is 0 Å². The van der Waals surface area contributed by atoms with Gasteiger partial charge < -0.3 is 0 Å². The van der Waals surface area contributed by atoms with Crippen LogP contribution in [0, 0.1) is 5.82 Å². The monoisotopic (exact) mass is 151 g/mol. The van der Waals surface area contributed by atoms with E-state index < -0.39 is 0 Å². The zero-order chi connectivity index (χ0) is 7.68. The molecule has 1 aliphatic heterocycles. The van der Waals surface area contributed by atoms with Crippen molar-refractivity contribution in [1.29, 1.82) is 0 Å². The Labute approximate surface area is 63.8 Å². The number of hydrogen-bond acceptors (Lipinski definition) is 1. The van der Waals surface area contributed by atoms with Gasteiger partial charge in [0.15, 0.2) is 0 Å². The zero-order valence-electron chi connectivity index (χ0n) is 5.89. The first-order valence-electron chi connectivity index (χ1n) is 3.46. The second-order valence-electron chi connectivity index (χ2n) is 2.47. The molecule has 0 fully saturated rings. The number of nitrogens with one attached hydrogen (secondary N) is 2. The number of anilines is 1. The molecule has 0 bridgehead atoms. The third-order valence-corrected chi connectivity index (χ3v) is 1.69. The molecule has 0 spiro atoms. The smallest absolute Gasteiger partial charge is 0.235 e. The quantitative estimate of drug-likeness (QED) is 0.530. The third kappa shape index (κ3) is 1.09. The average molecular weight is 151 g/mol. The first-order chi connectivity index (χ1) is 5.36. The predicted octanol–water partition coefficient (Wildman–Crippen LogP) is -0.140. The lowest BCUT2D eigenvalue weighted by atomic mass is 10.1. The molecule has 0 aromatic heterocycles. The highest BCUT2D eigenvalue weighted by Gasteiger charge is 2.09. The van der Waals surface area contributed by atoms with Gasteiger partial charge in [0.1, 0.15) is 18.0 Å². The Bertz CT molecular complexity index is 307. The summed E-state index contributed by atoms with van der Waals surface area (Å²) in [6, 6.07) is 4.73. The fourth-order valence-electron chi connectivity index (χ4n) is 1.13. The Balaban J connectivity index is 2.48. The standard InChI is InChI=1S/C8H7FN2/c9-7-2-1-6-4-10-5-11-8(6)3-7/h1-3,5H,4H2,(H,10,11)/p+1. The van der Waals surface area contributed by atoms with Gasteiger partial charge in [-0.25, -0.2) is 9.71 Å². The second-order valence-corrected chi connectivity index (χ2v) is 2.47. The molecule has 1 aliphatic rings. The SMILES string of the molecule is Fc1ccc2c(c1)NC=[NH+]C2. The Kier molecular flexibility index (Phi) is 1.35. The Morgan fingerprint density at radius 3 is 3.27 bits per heavy atom. The molecule has 0 amide bonds. The maximum Gasteiger partial charge on any atom is 0.235 e. The van der Waals surface area contributed by atoms with E-state index in [-0.39, 0.29) is 5.82 Å². The van der Waals surface area contributed by atoms with E-state index in [1.54, 1.807) is 12.4 Å². The fourth-order valence-corrected chi connectivity index (χ4v) is 1.13. The van der Waals surface area contributed by atoms with Gasteiger partial charge in [-0.1, -0.05) is 0 Å². The molecular weight excluding hydrogens is 143 g/mol. The molecule has 3 heteroatoms. The molecule has 0 radical (unpaired) electrons. The van der Waals surface area contributed by atoms with Crippen LogP contribution >= 0.6 is 0 Å². The van der Waals surface area contributed by atoms with Gasteiger partial charge in [0.05, 0.1) is 0 Å². The van der Waals surface area contributed by atoms with Gasteiger partial charge in [-0.05, 0) is 12.1 Å². The van der Waals surface area contributed by atoms with Crippen molar-refractivity contribution in [3.8, 4) is 0 Å². The number of hydrogen-bond donors (Lipinski definition) is 2. The van der Waals surface area contributed by atoms with Crippen molar-refractivity contribution in [2.24, 2.45) is 0 Å².